The van der Waals surface area contributed by atoms with Crippen molar-refractivity contribution in [1.29, 1.82) is 0 Å². The van der Waals surface area contributed by atoms with Crippen molar-refractivity contribution in [3.63, 3.8) is 0 Å². The van der Waals surface area contributed by atoms with Gasteiger partial charge in [-0.2, -0.15) is 0 Å². The Bertz CT molecular complexity index is 619. The zero-order valence-corrected chi connectivity index (χ0v) is 14.9. The number of nitrogens with one attached hydrogen (secondary N) is 3. The molecule has 1 aliphatic rings. The average molecular weight is 321 g/mol. The first kappa shape index (κ1) is 17.0. The molecule has 122 valence electrons. The van der Waals surface area contributed by atoms with Gasteiger partial charge in [-0.3, -0.25) is 0 Å². The van der Waals surface area contributed by atoms with E-state index in [1.807, 2.05) is 0 Å². The molecule has 0 saturated carbocycles. The first-order chi connectivity index (χ1) is 10.5. The van der Waals surface area contributed by atoms with Gasteiger partial charge in [-0.05, 0) is 56.4 Å². The Balaban J connectivity index is 1.83. The lowest BCUT2D eigenvalue weighted by atomic mass is 10.0. The van der Waals surface area contributed by atoms with Crippen LogP contribution in [0.3, 0.4) is 0 Å². The van der Waals surface area contributed by atoms with Gasteiger partial charge in [0.15, 0.2) is 5.11 Å². The van der Waals surface area contributed by atoms with E-state index in [1.54, 1.807) is 0 Å². The van der Waals surface area contributed by atoms with Gasteiger partial charge >= 0.3 is 0 Å². The summed E-state index contributed by atoms with van der Waals surface area (Å²) in [6.45, 7) is 9.32. The van der Waals surface area contributed by atoms with Crippen molar-refractivity contribution in [2.75, 3.05) is 20.1 Å². The lowest BCUT2D eigenvalue weighted by Crippen LogP contribution is -2.45. The molecule has 0 radical (unpaired) electrons. The highest BCUT2D eigenvalue weighted by Crippen LogP contribution is 2.06. The molecule has 0 aromatic carbocycles. The van der Waals surface area contributed by atoms with Gasteiger partial charge in [0.25, 0.3) is 0 Å². The van der Waals surface area contributed by atoms with E-state index in [4.69, 9.17) is 12.2 Å². The summed E-state index contributed by atoms with van der Waals surface area (Å²) in [5.74, 6) is 0.628. The number of thiocarbonyl (C=S) groups is 1. The van der Waals surface area contributed by atoms with Crippen LogP contribution in [0.2, 0.25) is 0 Å². The fourth-order valence-electron chi connectivity index (χ4n) is 2.72. The first-order valence-corrected chi connectivity index (χ1v) is 8.51. The Morgan fingerprint density at radius 3 is 3.05 bits per heavy atom. The fraction of sp³-hybridized carbons (Fsp3) is 0.588. The number of hydrogen-bond acceptors (Lipinski definition) is 2. The van der Waals surface area contributed by atoms with Crippen molar-refractivity contribution >= 4 is 29.5 Å². The molecule has 4 nitrogen and oxygen atoms in total. The maximum absolute atomic E-state index is 5.38. The van der Waals surface area contributed by atoms with Crippen LogP contribution in [0.1, 0.15) is 32.9 Å². The average Bonchev–Trinajstić information content (AvgIpc) is 2.86. The minimum Gasteiger partial charge on any atom is -0.359 e. The molecule has 0 spiro atoms. The standard InChI is InChI=1S/C17H28N4S/c1-5-21(4)11-13(3)19-17(22)18-10-15-9-14-8-12(2)6-7-16(14)20-15/h7-9,12-13,20H,5-6,10-11H2,1-4H3,(H2,18,19,22). The van der Waals surface area contributed by atoms with Gasteiger partial charge in [0, 0.05) is 23.6 Å². The summed E-state index contributed by atoms with van der Waals surface area (Å²) in [5.41, 5.74) is 1.18. The van der Waals surface area contributed by atoms with Crippen LogP contribution in [0.4, 0.5) is 0 Å². The van der Waals surface area contributed by atoms with Crippen molar-refractivity contribution in [2.24, 2.45) is 5.92 Å². The summed E-state index contributed by atoms with van der Waals surface area (Å²) in [7, 11) is 2.12. The molecule has 0 fully saturated rings. The van der Waals surface area contributed by atoms with E-state index in [9.17, 15) is 0 Å². The van der Waals surface area contributed by atoms with Crippen LogP contribution in [-0.2, 0) is 6.54 Å². The van der Waals surface area contributed by atoms with Crippen molar-refractivity contribution in [3.05, 3.63) is 22.3 Å². The van der Waals surface area contributed by atoms with E-state index in [0.717, 1.165) is 26.1 Å². The van der Waals surface area contributed by atoms with E-state index in [2.05, 4.69) is 66.6 Å². The molecule has 22 heavy (non-hydrogen) atoms. The summed E-state index contributed by atoms with van der Waals surface area (Å²) in [6, 6.07) is 2.55. The van der Waals surface area contributed by atoms with Gasteiger partial charge in [-0.1, -0.05) is 26.0 Å². The topological polar surface area (TPSA) is 43.1 Å². The predicted octanol–water partition coefficient (Wildman–Crippen LogP) is 0.920. The lowest BCUT2D eigenvalue weighted by Gasteiger charge is -2.22. The normalized spacial score (nSPS) is 18.1. The summed E-state index contributed by atoms with van der Waals surface area (Å²) in [4.78, 5) is 5.73. The number of aromatic amines is 1. The van der Waals surface area contributed by atoms with Crippen molar-refractivity contribution in [1.82, 2.24) is 20.5 Å². The Kier molecular flexibility index (Phi) is 6.03. The van der Waals surface area contributed by atoms with Gasteiger partial charge < -0.3 is 20.5 Å². The van der Waals surface area contributed by atoms with Crippen molar-refractivity contribution in [2.45, 2.75) is 39.8 Å². The first-order valence-electron chi connectivity index (χ1n) is 8.10. The third kappa shape index (κ3) is 4.85. The third-order valence-electron chi connectivity index (χ3n) is 4.04. The Morgan fingerprint density at radius 2 is 2.32 bits per heavy atom. The van der Waals surface area contributed by atoms with Crippen LogP contribution < -0.4 is 21.2 Å². The Morgan fingerprint density at radius 1 is 1.55 bits per heavy atom. The second kappa shape index (κ2) is 7.79. The van der Waals surface area contributed by atoms with Crippen LogP contribution in [0.25, 0.3) is 12.2 Å². The van der Waals surface area contributed by atoms with Gasteiger partial charge in [-0.15, -0.1) is 0 Å². The van der Waals surface area contributed by atoms with Crippen molar-refractivity contribution < 1.29 is 0 Å². The highest BCUT2D eigenvalue weighted by Gasteiger charge is 2.08. The van der Waals surface area contributed by atoms with E-state index in [-0.39, 0.29) is 0 Å². The fourth-order valence-corrected chi connectivity index (χ4v) is 2.99. The van der Waals surface area contributed by atoms with Crippen LogP contribution in [-0.4, -0.2) is 41.2 Å². The number of H-pyrrole nitrogens is 1. The van der Waals surface area contributed by atoms with E-state index >= 15 is 0 Å². The summed E-state index contributed by atoms with van der Waals surface area (Å²) >= 11 is 5.38. The molecule has 1 heterocycles. The number of rotatable bonds is 6. The molecular weight excluding hydrogens is 292 g/mol. The molecular formula is C17H28N4S. The predicted molar refractivity (Wildman–Crippen MR) is 98.0 cm³/mol. The van der Waals surface area contributed by atoms with E-state index in [1.165, 1.54) is 16.3 Å². The summed E-state index contributed by atoms with van der Waals surface area (Å²) in [5, 5.41) is 9.89. The number of likely N-dealkylation sites (N-methyl/N-ethyl adjacent to an activating group) is 1. The monoisotopic (exact) mass is 320 g/mol. The highest BCUT2D eigenvalue weighted by molar-refractivity contribution is 7.80. The van der Waals surface area contributed by atoms with Crippen molar-refractivity contribution in [3.8, 4) is 0 Å². The minimum absolute atomic E-state index is 0.337. The SMILES string of the molecule is CCN(C)CC(C)NC(=S)NCc1cc2c([nH]1)=CCC(C)C=2. The van der Waals surface area contributed by atoms with E-state index in [0.29, 0.717) is 17.1 Å². The highest BCUT2D eigenvalue weighted by atomic mass is 32.1. The molecule has 2 unspecified atom stereocenters. The summed E-state index contributed by atoms with van der Waals surface area (Å²) in [6.07, 6.45) is 5.72. The molecule has 2 rings (SSSR count). The van der Waals surface area contributed by atoms with Crippen LogP contribution in [0.5, 0.6) is 0 Å². The zero-order chi connectivity index (χ0) is 16.1. The van der Waals surface area contributed by atoms with Crippen LogP contribution >= 0.6 is 12.2 Å². The smallest absolute Gasteiger partial charge is 0.166 e. The Hall–Kier alpha value is -1.33. The largest absolute Gasteiger partial charge is 0.359 e. The maximum Gasteiger partial charge on any atom is 0.166 e. The quantitative estimate of drug-likeness (QED) is 0.682. The number of nitrogens with zero attached hydrogens (tertiary/aromatic N) is 1. The summed E-state index contributed by atoms with van der Waals surface area (Å²) < 4.78 is 0. The van der Waals surface area contributed by atoms with Gasteiger partial charge in [-0.25, -0.2) is 0 Å². The van der Waals surface area contributed by atoms with Gasteiger partial charge in [0.2, 0.25) is 0 Å². The number of fused-ring (bicyclic) bond motifs is 1. The molecule has 1 aliphatic carbocycles. The van der Waals surface area contributed by atoms with Gasteiger partial charge in [0.1, 0.15) is 0 Å². The maximum atomic E-state index is 5.38. The molecule has 0 bridgehead atoms. The van der Waals surface area contributed by atoms with E-state index < -0.39 is 0 Å². The molecule has 1 aromatic rings. The Labute approximate surface area is 138 Å². The molecule has 0 saturated heterocycles. The zero-order valence-electron chi connectivity index (χ0n) is 14.1. The molecule has 2 atom stereocenters. The third-order valence-corrected chi connectivity index (χ3v) is 4.30. The van der Waals surface area contributed by atoms with Crippen LogP contribution in [0.15, 0.2) is 6.07 Å². The molecule has 0 amide bonds. The molecule has 5 heteroatoms. The molecule has 1 aromatic heterocycles. The molecule has 3 N–H and O–H groups in total. The second-order valence-corrected chi connectivity index (χ2v) is 6.74. The minimum atomic E-state index is 0.337. The second-order valence-electron chi connectivity index (χ2n) is 6.33. The van der Waals surface area contributed by atoms with Gasteiger partial charge in [0.05, 0.1) is 6.54 Å². The number of aromatic nitrogens is 1. The number of hydrogen-bond donors (Lipinski definition) is 3. The molecule has 0 aliphatic heterocycles. The van der Waals surface area contributed by atoms with Crippen LogP contribution in [0, 0.1) is 5.92 Å². The lowest BCUT2D eigenvalue weighted by molar-refractivity contribution is 0.324.